The minimum Gasteiger partial charge on any atom is -0.481 e. The maximum atomic E-state index is 12.9. The zero-order chi connectivity index (χ0) is 23.4. The fraction of sp³-hybridized carbons (Fsp3) is 0.923. The molecule has 4 aliphatic rings. The molecule has 0 aromatic heterocycles. The number of carbonyl (C=O) groups excluding carboxylic acids is 1. The van der Waals surface area contributed by atoms with E-state index in [4.69, 9.17) is 10.8 Å². The molecule has 0 aliphatic heterocycles. The van der Waals surface area contributed by atoms with Gasteiger partial charge in [-0.15, -0.1) is 0 Å². The molecule has 4 fully saturated rings. The van der Waals surface area contributed by atoms with Crippen LogP contribution in [0.5, 0.6) is 0 Å². The Bertz CT molecular complexity index is 746. The lowest BCUT2D eigenvalue weighted by Gasteiger charge is -2.64. The van der Waals surface area contributed by atoms with Crippen LogP contribution >= 0.6 is 0 Å². The van der Waals surface area contributed by atoms with Crippen molar-refractivity contribution in [2.75, 3.05) is 6.54 Å². The first-order chi connectivity index (χ1) is 15.0. The normalized spacial score (nSPS) is 47.5. The second kappa shape index (κ2) is 9.56. The number of Topliss-reactive ketones (excluding diaryl/α,β-unsaturated/α-hetero) is 1. The molecular formula is C26H46N2O5. The van der Waals surface area contributed by atoms with Crippen molar-refractivity contribution in [3.05, 3.63) is 0 Å². The van der Waals surface area contributed by atoms with Crippen molar-refractivity contribution in [3.63, 3.8) is 0 Å². The summed E-state index contributed by atoms with van der Waals surface area (Å²) in [7, 11) is 0. The first-order valence-electron chi connectivity index (χ1n) is 12.9. The number of hydrogen-bond donors (Lipinski definition) is 5. The van der Waals surface area contributed by atoms with E-state index in [2.05, 4.69) is 20.8 Å². The highest BCUT2D eigenvalue weighted by Crippen LogP contribution is 2.69. The number of carboxylic acids is 1. The molecule has 7 heteroatoms. The van der Waals surface area contributed by atoms with E-state index in [0.717, 1.165) is 32.1 Å². The van der Waals surface area contributed by atoms with E-state index in [9.17, 15) is 19.8 Å². The lowest BCUT2D eigenvalue weighted by atomic mass is 9.41. The lowest BCUT2D eigenvalue weighted by Crippen LogP contribution is -2.62. The maximum Gasteiger partial charge on any atom is 0.303 e. The molecule has 7 nitrogen and oxygen atoms in total. The number of ketones is 1. The van der Waals surface area contributed by atoms with Gasteiger partial charge >= 0.3 is 5.97 Å². The molecule has 8 N–H and O–H groups in total. The highest BCUT2D eigenvalue weighted by molar-refractivity contribution is 5.83. The van der Waals surface area contributed by atoms with Gasteiger partial charge in [-0.25, -0.2) is 0 Å². The second-order valence-electron chi connectivity index (χ2n) is 12.1. The molecule has 0 saturated heterocycles. The van der Waals surface area contributed by atoms with Crippen LogP contribution in [0.4, 0.5) is 0 Å². The summed E-state index contributed by atoms with van der Waals surface area (Å²) in [5, 5.41) is 31.3. The van der Waals surface area contributed by atoms with E-state index in [1.165, 1.54) is 0 Å². The van der Waals surface area contributed by atoms with Gasteiger partial charge in [0.15, 0.2) is 0 Å². The third kappa shape index (κ3) is 4.07. The van der Waals surface area contributed by atoms with Crippen LogP contribution in [-0.4, -0.2) is 45.8 Å². The quantitative estimate of drug-likeness (QED) is 0.401. The molecule has 0 radical (unpaired) electrons. The van der Waals surface area contributed by atoms with Gasteiger partial charge in [0.25, 0.3) is 0 Å². The summed E-state index contributed by atoms with van der Waals surface area (Å²) in [5.41, 5.74) is 5.40. The largest absolute Gasteiger partial charge is 0.481 e. The standard InChI is InChI=1S/C26H43NO5.H3N/c1-14(4-9-24(31)32)18-7-8-19-17-6-5-15-10-16(28)11-21(22(29)13-27)25(15,2)20(17)12-23(30)26(18,19)3;/h14-21,23,28,30H,4-13,27H2,1-3H3,(H,31,32);1H3/t14-,15-,16+,17?,18-,19?,20?,21?,23+,25+,26-;/m1./s1. The van der Waals surface area contributed by atoms with Gasteiger partial charge in [0, 0.05) is 12.3 Å². The van der Waals surface area contributed by atoms with Crippen molar-refractivity contribution in [2.24, 2.45) is 58.0 Å². The first-order valence-corrected chi connectivity index (χ1v) is 12.9. The van der Waals surface area contributed by atoms with Gasteiger partial charge in [0.2, 0.25) is 0 Å². The molecule has 4 saturated carbocycles. The Morgan fingerprint density at radius 2 is 1.70 bits per heavy atom. The number of carbonyl (C=O) groups is 2. The van der Waals surface area contributed by atoms with Gasteiger partial charge in [-0.05, 0) is 97.7 Å². The topological polar surface area (TPSA) is 156 Å². The van der Waals surface area contributed by atoms with Crippen LogP contribution in [-0.2, 0) is 9.59 Å². The molecule has 4 rings (SSSR count). The number of aliphatic hydroxyl groups excluding tert-OH is 2. The van der Waals surface area contributed by atoms with Gasteiger partial charge in [-0.2, -0.15) is 0 Å². The summed E-state index contributed by atoms with van der Waals surface area (Å²) < 4.78 is 0. The Kier molecular flexibility index (Phi) is 7.70. The average Bonchev–Trinajstić information content (AvgIpc) is 3.11. The molecular weight excluding hydrogens is 420 g/mol. The molecule has 190 valence electrons. The summed E-state index contributed by atoms with van der Waals surface area (Å²) in [4.78, 5) is 24.1. The maximum absolute atomic E-state index is 12.9. The Hall–Kier alpha value is -1.02. The van der Waals surface area contributed by atoms with Crippen LogP contribution in [0, 0.1) is 52.3 Å². The molecule has 0 bridgehead atoms. The number of hydrogen-bond acceptors (Lipinski definition) is 6. The number of carboxylic acid groups (broad SMARTS) is 1. The van der Waals surface area contributed by atoms with E-state index in [1.54, 1.807) is 0 Å². The third-order valence-electron chi connectivity index (χ3n) is 11.0. The van der Waals surface area contributed by atoms with Gasteiger partial charge in [0.05, 0.1) is 18.8 Å². The first kappa shape index (κ1) is 26.6. The predicted octanol–water partition coefficient (Wildman–Crippen LogP) is 3.39. The summed E-state index contributed by atoms with van der Waals surface area (Å²) in [6.45, 7) is 6.70. The van der Waals surface area contributed by atoms with Crippen molar-refractivity contribution < 1.29 is 24.9 Å². The molecule has 33 heavy (non-hydrogen) atoms. The minimum atomic E-state index is -0.748. The molecule has 4 aliphatic carbocycles. The summed E-state index contributed by atoms with van der Waals surface area (Å²) in [5.74, 6) is 1.16. The Labute approximate surface area is 198 Å². The number of aliphatic carboxylic acids is 1. The van der Waals surface area contributed by atoms with Crippen molar-refractivity contribution in [2.45, 2.75) is 90.8 Å². The van der Waals surface area contributed by atoms with E-state index < -0.39 is 18.2 Å². The average molecular weight is 467 g/mol. The molecule has 11 atom stereocenters. The highest BCUT2D eigenvalue weighted by Gasteiger charge is 2.65. The molecule has 0 heterocycles. The number of aliphatic hydroxyl groups is 2. The van der Waals surface area contributed by atoms with Crippen molar-refractivity contribution in [3.8, 4) is 0 Å². The fourth-order valence-corrected chi connectivity index (χ4v) is 9.44. The number of fused-ring (bicyclic) bond motifs is 5. The van der Waals surface area contributed by atoms with Crippen molar-refractivity contribution in [1.82, 2.24) is 6.15 Å². The van der Waals surface area contributed by atoms with E-state index in [-0.39, 0.29) is 53.5 Å². The van der Waals surface area contributed by atoms with E-state index in [1.807, 2.05) is 0 Å². The van der Waals surface area contributed by atoms with E-state index in [0.29, 0.717) is 42.9 Å². The number of nitrogens with two attached hydrogens (primary N) is 1. The smallest absolute Gasteiger partial charge is 0.303 e. The van der Waals surface area contributed by atoms with Gasteiger partial charge in [-0.1, -0.05) is 20.8 Å². The highest BCUT2D eigenvalue weighted by atomic mass is 16.4. The van der Waals surface area contributed by atoms with E-state index >= 15 is 0 Å². The van der Waals surface area contributed by atoms with Crippen molar-refractivity contribution in [1.29, 1.82) is 0 Å². The Balaban J connectivity index is 0.00000306. The molecule has 0 spiro atoms. The monoisotopic (exact) mass is 466 g/mol. The second-order valence-corrected chi connectivity index (χ2v) is 12.1. The molecule has 0 aromatic rings. The zero-order valence-corrected chi connectivity index (χ0v) is 20.7. The van der Waals surface area contributed by atoms with Crippen LogP contribution in [0.2, 0.25) is 0 Å². The van der Waals surface area contributed by atoms with Crippen LogP contribution < -0.4 is 11.9 Å². The summed E-state index contributed by atoms with van der Waals surface area (Å²) >= 11 is 0. The fourth-order valence-electron chi connectivity index (χ4n) is 9.44. The number of rotatable bonds is 6. The third-order valence-corrected chi connectivity index (χ3v) is 11.0. The van der Waals surface area contributed by atoms with Gasteiger partial charge < -0.3 is 27.2 Å². The molecule has 0 aromatic carbocycles. The van der Waals surface area contributed by atoms with Crippen LogP contribution in [0.15, 0.2) is 0 Å². The summed E-state index contributed by atoms with van der Waals surface area (Å²) in [6.07, 6.45) is 6.19. The molecule has 4 unspecified atom stereocenters. The molecule has 0 amide bonds. The minimum absolute atomic E-state index is 0. The van der Waals surface area contributed by atoms with Gasteiger partial charge in [0.1, 0.15) is 5.78 Å². The lowest BCUT2D eigenvalue weighted by molar-refractivity contribution is -0.194. The van der Waals surface area contributed by atoms with Crippen molar-refractivity contribution >= 4 is 11.8 Å². The van der Waals surface area contributed by atoms with Crippen LogP contribution in [0.1, 0.15) is 78.6 Å². The Morgan fingerprint density at radius 1 is 1.00 bits per heavy atom. The van der Waals surface area contributed by atoms with Crippen LogP contribution in [0.25, 0.3) is 0 Å². The Morgan fingerprint density at radius 3 is 2.33 bits per heavy atom. The summed E-state index contributed by atoms with van der Waals surface area (Å²) in [6, 6.07) is 0. The predicted molar refractivity (Wildman–Crippen MR) is 127 cm³/mol. The van der Waals surface area contributed by atoms with Gasteiger partial charge in [-0.3, -0.25) is 9.59 Å². The van der Waals surface area contributed by atoms with Crippen LogP contribution in [0.3, 0.4) is 0 Å². The SMILES string of the molecule is C[C@H](CCC(=O)O)[C@H]1CCC2C3CC[C@@H]4C[C@H](O)CC(C(=O)CN)[C@]4(C)C3C[C@H](O)[C@@]21C.N. The zero-order valence-electron chi connectivity index (χ0n) is 20.7.